The number of rotatable bonds is 4. The summed E-state index contributed by atoms with van der Waals surface area (Å²) >= 11 is 0. The quantitative estimate of drug-likeness (QED) is 0.616. The number of benzene rings is 1. The van der Waals surface area contributed by atoms with Gasteiger partial charge in [-0.3, -0.25) is 9.59 Å². The molecular formula is C13H15NO5. The molecule has 2 rings (SSSR count). The van der Waals surface area contributed by atoms with E-state index in [1.165, 1.54) is 13.1 Å². The lowest BCUT2D eigenvalue weighted by atomic mass is 10.0. The summed E-state index contributed by atoms with van der Waals surface area (Å²) in [5.41, 5.74) is 0.283. The summed E-state index contributed by atoms with van der Waals surface area (Å²) in [5.74, 6) is -0.667. The van der Waals surface area contributed by atoms with Crippen molar-refractivity contribution in [2.24, 2.45) is 0 Å². The summed E-state index contributed by atoms with van der Waals surface area (Å²) in [4.78, 5) is 23.0. The summed E-state index contributed by atoms with van der Waals surface area (Å²) in [6.45, 7) is 1.08. The molecule has 1 aromatic carbocycles. The first-order chi connectivity index (χ1) is 9.13. The van der Waals surface area contributed by atoms with Crippen LogP contribution in [0.25, 0.3) is 0 Å². The van der Waals surface area contributed by atoms with Crippen LogP contribution in [0.5, 0.6) is 11.5 Å². The van der Waals surface area contributed by atoms with Gasteiger partial charge in [0.15, 0.2) is 23.3 Å². The third kappa shape index (κ3) is 2.85. The van der Waals surface area contributed by atoms with E-state index >= 15 is 0 Å². The highest BCUT2D eigenvalue weighted by molar-refractivity contribution is 6.11. The molecule has 0 bridgehead atoms. The number of carbonyl (C=O) groups is 2. The normalized spacial score (nSPS) is 15.4. The second-order valence-corrected chi connectivity index (χ2v) is 4.14. The van der Waals surface area contributed by atoms with Crippen molar-refractivity contribution in [3.63, 3.8) is 0 Å². The van der Waals surface area contributed by atoms with Crippen LogP contribution in [0.2, 0.25) is 0 Å². The topological polar surface area (TPSA) is 84.9 Å². The molecular weight excluding hydrogens is 250 g/mol. The molecule has 6 heteroatoms. The van der Waals surface area contributed by atoms with E-state index < -0.39 is 17.8 Å². The number of carbonyl (C=O) groups excluding carboxylic acids is 1. The number of Topliss-reactive ketones (excluding diaryl/α,β-unsaturated/α-hetero) is 1. The summed E-state index contributed by atoms with van der Waals surface area (Å²) in [5, 5.41) is 11.4. The van der Waals surface area contributed by atoms with Crippen LogP contribution in [0.15, 0.2) is 18.2 Å². The van der Waals surface area contributed by atoms with Gasteiger partial charge in [0.2, 0.25) is 0 Å². The van der Waals surface area contributed by atoms with Gasteiger partial charge in [0.05, 0.1) is 13.2 Å². The van der Waals surface area contributed by atoms with Crippen molar-refractivity contribution >= 4 is 11.8 Å². The molecule has 2 N–H and O–H groups in total. The average molecular weight is 265 g/mol. The molecule has 1 heterocycles. The molecule has 102 valence electrons. The van der Waals surface area contributed by atoms with Crippen molar-refractivity contribution in [3.8, 4) is 11.5 Å². The Bertz CT molecular complexity index is 500. The molecule has 1 unspecified atom stereocenters. The lowest BCUT2D eigenvalue weighted by molar-refractivity contribution is -0.137. The zero-order valence-electron chi connectivity index (χ0n) is 10.5. The van der Waals surface area contributed by atoms with Gasteiger partial charge in [-0.1, -0.05) is 0 Å². The molecule has 0 amide bonds. The SMILES string of the molecule is CNC(C(=O)O)C(=O)c1ccc2c(c1)OCCCO2. The highest BCUT2D eigenvalue weighted by atomic mass is 16.5. The molecule has 0 saturated heterocycles. The Morgan fingerprint density at radius 2 is 1.95 bits per heavy atom. The number of ketones is 1. The lowest BCUT2D eigenvalue weighted by Gasteiger charge is -2.12. The number of nitrogens with one attached hydrogen (secondary N) is 1. The summed E-state index contributed by atoms with van der Waals surface area (Å²) < 4.78 is 10.9. The molecule has 1 aliphatic heterocycles. The third-order valence-corrected chi connectivity index (χ3v) is 2.83. The summed E-state index contributed by atoms with van der Waals surface area (Å²) in [6.07, 6.45) is 0.770. The van der Waals surface area contributed by atoms with E-state index in [2.05, 4.69) is 5.32 Å². The molecule has 0 aliphatic carbocycles. The van der Waals surface area contributed by atoms with Gasteiger partial charge in [0.1, 0.15) is 0 Å². The van der Waals surface area contributed by atoms with Crippen LogP contribution in [0.1, 0.15) is 16.8 Å². The van der Waals surface area contributed by atoms with Crippen molar-refractivity contribution in [2.75, 3.05) is 20.3 Å². The molecule has 0 fully saturated rings. The number of likely N-dealkylation sites (N-methyl/N-ethyl adjacent to an activating group) is 1. The number of fused-ring (bicyclic) bond motifs is 1. The average Bonchev–Trinajstić information content (AvgIpc) is 2.63. The third-order valence-electron chi connectivity index (χ3n) is 2.83. The Morgan fingerprint density at radius 1 is 1.26 bits per heavy atom. The Labute approximate surface area is 110 Å². The maximum atomic E-state index is 12.0. The lowest BCUT2D eigenvalue weighted by Crippen LogP contribution is -2.41. The van der Waals surface area contributed by atoms with Crippen LogP contribution in [0.3, 0.4) is 0 Å². The smallest absolute Gasteiger partial charge is 0.328 e. The molecule has 19 heavy (non-hydrogen) atoms. The van der Waals surface area contributed by atoms with Crippen molar-refractivity contribution < 1.29 is 24.2 Å². The molecule has 0 radical (unpaired) electrons. The highest BCUT2D eigenvalue weighted by Gasteiger charge is 2.26. The van der Waals surface area contributed by atoms with Crippen molar-refractivity contribution in [1.29, 1.82) is 0 Å². The van der Waals surface area contributed by atoms with Gasteiger partial charge in [-0.05, 0) is 25.2 Å². The molecule has 0 spiro atoms. The number of carboxylic acid groups (broad SMARTS) is 1. The minimum Gasteiger partial charge on any atom is -0.490 e. The minimum absolute atomic E-state index is 0.283. The fourth-order valence-corrected chi connectivity index (χ4v) is 1.85. The van der Waals surface area contributed by atoms with Crippen LogP contribution >= 0.6 is 0 Å². The van der Waals surface area contributed by atoms with E-state index in [1.807, 2.05) is 0 Å². The predicted molar refractivity (Wildman–Crippen MR) is 66.9 cm³/mol. The number of hydrogen-bond donors (Lipinski definition) is 2. The Kier molecular flexibility index (Phi) is 4.01. The van der Waals surface area contributed by atoms with Gasteiger partial charge in [-0.2, -0.15) is 0 Å². The zero-order chi connectivity index (χ0) is 13.8. The Hall–Kier alpha value is -2.08. The standard InChI is InChI=1S/C13H15NO5/c1-14-11(13(16)17)12(15)8-3-4-9-10(7-8)19-6-2-5-18-9/h3-4,7,11,14H,2,5-6H2,1H3,(H,16,17). The fraction of sp³-hybridized carbons (Fsp3) is 0.385. The molecule has 0 aromatic heterocycles. The van der Waals surface area contributed by atoms with Crippen molar-refractivity contribution in [3.05, 3.63) is 23.8 Å². The first kappa shape index (κ1) is 13.4. The molecule has 1 aromatic rings. The van der Waals surface area contributed by atoms with E-state index in [-0.39, 0.29) is 5.56 Å². The first-order valence-electron chi connectivity index (χ1n) is 5.97. The molecule has 1 aliphatic rings. The highest BCUT2D eigenvalue weighted by Crippen LogP contribution is 2.30. The van der Waals surface area contributed by atoms with Crippen molar-refractivity contribution in [2.45, 2.75) is 12.5 Å². The number of carboxylic acids is 1. The van der Waals surface area contributed by atoms with Crippen LogP contribution in [-0.2, 0) is 4.79 Å². The first-order valence-corrected chi connectivity index (χ1v) is 5.97. The van der Waals surface area contributed by atoms with E-state index in [1.54, 1.807) is 12.1 Å². The maximum Gasteiger partial charge on any atom is 0.328 e. The Morgan fingerprint density at radius 3 is 2.58 bits per heavy atom. The van der Waals surface area contributed by atoms with Gasteiger partial charge in [0, 0.05) is 12.0 Å². The van der Waals surface area contributed by atoms with E-state index in [4.69, 9.17) is 14.6 Å². The van der Waals surface area contributed by atoms with Gasteiger partial charge >= 0.3 is 5.97 Å². The second kappa shape index (κ2) is 5.71. The summed E-state index contributed by atoms with van der Waals surface area (Å²) in [6, 6.07) is 3.44. The van der Waals surface area contributed by atoms with Crippen LogP contribution in [0, 0.1) is 0 Å². The maximum absolute atomic E-state index is 12.0. The molecule has 1 atom stereocenters. The van der Waals surface area contributed by atoms with E-state index in [0.717, 1.165) is 6.42 Å². The van der Waals surface area contributed by atoms with E-state index in [0.29, 0.717) is 24.7 Å². The monoisotopic (exact) mass is 265 g/mol. The summed E-state index contributed by atoms with van der Waals surface area (Å²) in [7, 11) is 1.43. The molecule has 0 saturated carbocycles. The minimum atomic E-state index is -1.26. The number of ether oxygens (including phenoxy) is 2. The van der Waals surface area contributed by atoms with E-state index in [9.17, 15) is 9.59 Å². The van der Waals surface area contributed by atoms with Gasteiger partial charge in [0.25, 0.3) is 0 Å². The Balaban J connectivity index is 2.28. The molecule has 6 nitrogen and oxygen atoms in total. The largest absolute Gasteiger partial charge is 0.490 e. The predicted octanol–water partition coefficient (Wildman–Crippen LogP) is 0.703. The van der Waals surface area contributed by atoms with Crippen molar-refractivity contribution in [1.82, 2.24) is 5.32 Å². The fourth-order valence-electron chi connectivity index (χ4n) is 1.85. The number of aliphatic carboxylic acids is 1. The van der Waals surface area contributed by atoms with Crippen LogP contribution in [0.4, 0.5) is 0 Å². The van der Waals surface area contributed by atoms with Gasteiger partial charge < -0.3 is 19.9 Å². The second-order valence-electron chi connectivity index (χ2n) is 4.14. The van der Waals surface area contributed by atoms with Crippen LogP contribution in [-0.4, -0.2) is 43.2 Å². The van der Waals surface area contributed by atoms with Crippen LogP contribution < -0.4 is 14.8 Å². The zero-order valence-corrected chi connectivity index (χ0v) is 10.5. The number of hydrogen-bond acceptors (Lipinski definition) is 5. The van der Waals surface area contributed by atoms with Gasteiger partial charge in [-0.25, -0.2) is 0 Å². The van der Waals surface area contributed by atoms with Gasteiger partial charge in [-0.15, -0.1) is 0 Å².